The van der Waals surface area contributed by atoms with Crippen molar-refractivity contribution in [2.45, 2.75) is 41.0 Å². The fourth-order valence-corrected chi connectivity index (χ4v) is 2.46. The maximum Gasteiger partial charge on any atom is 0.307 e. The molecule has 1 unspecified atom stereocenters. The summed E-state index contributed by atoms with van der Waals surface area (Å²) in [5.74, 6) is 0.618. The second-order valence-electron chi connectivity index (χ2n) is 7.02. The standard InChI is InChI=1S/C14H27NO2/c1-10(2)12-8-15(9-12)7-11(13(16)17)6-14(3,4)5/h10-12H,6-9H2,1-5H3,(H,16,17). The van der Waals surface area contributed by atoms with Crippen LogP contribution < -0.4 is 0 Å². The van der Waals surface area contributed by atoms with Gasteiger partial charge in [-0.3, -0.25) is 4.79 Å². The summed E-state index contributed by atoms with van der Waals surface area (Å²) in [6.07, 6.45) is 0.755. The minimum atomic E-state index is -0.645. The molecule has 1 aliphatic heterocycles. The van der Waals surface area contributed by atoms with E-state index in [9.17, 15) is 9.90 Å². The molecule has 100 valence electrons. The highest BCUT2D eigenvalue weighted by molar-refractivity contribution is 5.70. The van der Waals surface area contributed by atoms with Gasteiger partial charge in [-0.1, -0.05) is 34.6 Å². The van der Waals surface area contributed by atoms with Gasteiger partial charge in [-0.25, -0.2) is 0 Å². The smallest absolute Gasteiger partial charge is 0.307 e. The van der Waals surface area contributed by atoms with Crippen LogP contribution in [0.5, 0.6) is 0 Å². The first-order valence-electron chi connectivity index (χ1n) is 6.64. The molecule has 1 heterocycles. The molecule has 3 nitrogen and oxygen atoms in total. The Bertz CT molecular complexity index is 262. The summed E-state index contributed by atoms with van der Waals surface area (Å²) in [5.41, 5.74) is 0.0887. The molecule has 1 saturated heterocycles. The van der Waals surface area contributed by atoms with Crippen LogP contribution in [0.3, 0.4) is 0 Å². The Morgan fingerprint density at radius 2 is 1.88 bits per heavy atom. The van der Waals surface area contributed by atoms with Crippen LogP contribution in [-0.2, 0) is 4.79 Å². The van der Waals surface area contributed by atoms with E-state index < -0.39 is 5.97 Å². The van der Waals surface area contributed by atoms with E-state index in [1.807, 2.05) is 0 Å². The zero-order valence-corrected chi connectivity index (χ0v) is 11.9. The Kier molecular flexibility index (Phi) is 4.59. The van der Waals surface area contributed by atoms with Crippen LogP contribution in [0.1, 0.15) is 41.0 Å². The molecule has 0 aromatic carbocycles. The SMILES string of the molecule is CC(C)C1CN(CC(CC(C)(C)C)C(=O)O)C1. The van der Waals surface area contributed by atoms with Gasteiger partial charge in [-0.15, -0.1) is 0 Å². The van der Waals surface area contributed by atoms with Crippen molar-refractivity contribution in [2.75, 3.05) is 19.6 Å². The van der Waals surface area contributed by atoms with E-state index in [-0.39, 0.29) is 11.3 Å². The molecule has 17 heavy (non-hydrogen) atoms. The van der Waals surface area contributed by atoms with Crippen molar-refractivity contribution in [1.29, 1.82) is 0 Å². The molecular weight excluding hydrogens is 214 g/mol. The van der Waals surface area contributed by atoms with Gasteiger partial charge in [-0.2, -0.15) is 0 Å². The quantitative estimate of drug-likeness (QED) is 0.804. The Labute approximate surface area is 105 Å². The second kappa shape index (κ2) is 5.38. The Morgan fingerprint density at radius 3 is 2.24 bits per heavy atom. The minimum absolute atomic E-state index is 0.0887. The molecule has 0 spiro atoms. The van der Waals surface area contributed by atoms with Gasteiger partial charge in [0, 0.05) is 19.6 Å². The van der Waals surface area contributed by atoms with Gasteiger partial charge in [-0.05, 0) is 23.7 Å². The van der Waals surface area contributed by atoms with Crippen molar-refractivity contribution in [1.82, 2.24) is 4.90 Å². The Balaban J connectivity index is 2.40. The molecule has 0 aromatic rings. The lowest BCUT2D eigenvalue weighted by molar-refractivity contribution is -0.144. The molecule has 0 radical (unpaired) electrons. The van der Waals surface area contributed by atoms with Gasteiger partial charge in [0.25, 0.3) is 0 Å². The van der Waals surface area contributed by atoms with E-state index in [4.69, 9.17) is 0 Å². The van der Waals surface area contributed by atoms with Gasteiger partial charge >= 0.3 is 5.97 Å². The average Bonchev–Trinajstić information content (AvgIpc) is 2.04. The molecule has 1 aliphatic rings. The number of rotatable bonds is 5. The Morgan fingerprint density at radius 1 is 1.35 bits per heavy atom. The van der Waals surface area contributed by atoms with Gasteiger partial charge < -0.3 is 10.0 Å². The van der Waals surface area contributed by atoms with E-state index in [2.05, 4.69) is 39.5 Å². The van der Waals surface area contributed by atoms with Crippen molar-refractivity contribution in [3.05, 3.63) is 0 Å². The molecule has 1 rings (SSSR count). The van der Waals surface area contributed by atoms with E-state index in [1.165, 1.54) is 0 Å². The topological polar surface area (TPSA) is 40.5 Å². The van der Waals surface area contributed by atoms with E-state index in [0.717, 1.165) is 37.9 Å². The van der Waals surface area contributed by atoms with E-state index in [1.54, 1.807) is 0 Å². The molecule has 1 atom stereocenters. The predicted octanol–water partition coefficient (Wildman–Crippen LogP) is 2.71. The van der Waals surface area contributed by atoms with Crippen molar-refractivity contribution in [3.63, 3.8) is 0 Å². The Hall–Kier alpha value is -0.570. The first-order chi connectivity index (χ1) is 7.69. The lowest BCUT2D eigenvalue weighted by atomic mass is 9.82. The van der Waals surface area contributed by atoms with E-state index in [0.29, 0.717) is 0 Å². The molecule has 0 bridgehead atoms. The zero-order valence-electron chi connectivity index (χ0n) is 11.9. The summed E-state index contributed by atoms with van der Waals surface area (Å²) in [4.78, 5) is 13.5. The summed E-state index contributed by atoms with van der Waals surface area (Å²) < 4.78 is 0. The van der Waals surface area contributed by atoms with Gasteiger partial charge in [0.2, 0.25) is 0 Å². The minimum Gasteiger partial charge on any atom is -0.481 e. The molecular formula is C14H27NO2. The van der Waals surface area contributed by atoms with Crippen LogP contribution in [0.15, 0.2) is 0 Å². The first kappa shape index (κ1) is 14.5. The third-order valence-electron chi connectivity index (χ3n) is 3.61. The number of carboxylic acids is 1. The highest BCUT2D eigenvalue weighted by atomic mass is 16.4. The third-order valence-corrected chi connectivity index (χ3v) is 3.61. The lowest BCUT2D eigenvalue weighted by Crippen LogP contribution is -2.51. The monoisotopic (exact) mass is 241 g/mol. The number of nitrogens with zero attached hydrogens (tertiary/aromatic N) is 1. The van der Waals surface area contributed by atoms with Crippen molar-refractivity contribution < 1.29 is 9.90 Å². The fourth-order valence-electron chi connectivity index (χ4n) is 2.46. The number of carboxylic acid groups (broad SMARTS) is 1. The van der Waals surface area contributed by atoms with Crippen LogP contribution in [0, 0.1) is 23.2 Å². The van der Waals surface area contributed by atoms with Gasteiger partial charge in [0.05, 0.1) is 5.92 Å². The summed E-state index contributed by atoms with van der Waals surface area (Å²) in [6.45, 7) is 13.7. The van der Waals surface area contributed by atoms with Gasteiger partial charge in [0.1, 0.15) is 0 Å². The average molecular weight is 241 g/mol. The van der Waals surface area contributed by atoms with Crippen molar-refractivity contribution in [3.8, 4) is 0 Å². The normalized spacial score (nSPS) is 20.4. The second-order valence-corrected chi connectivity index (χ2v) is 7.02. The number of hydrogen-bond donors (Lipinski definition) is 1. The van der Waals surface area contributed by atoms with Gasteiger partial charge in [0.15, 0.2) is 0 Å². The molecule has 0 aliphatic carbocycles. The highest BCUT2D eigenvalue weighted by Crippen LogP contribution is 2.29. The largest absolute Gasteiger partial charge is 0.481 e. The fraction of sp³-hybridized carbons (Fsp3) is 0.929. The van der Waals surface area contributed by atoms with Crippen LogP contribution in [0.2, 0.25) is 0 Å². The van der Waals surface area contributed by atoms with Crippen LogP contribution in [-0.4, -0.2) is 35.6 Å². The number of aliphatic carboxylic acids is 1. The molecule has 3 heteroatoms. The van der Waals surface area contributed by atoms with E-state index >= 15 is 0 Å². The van der Waals surface area contributed by atoms with Crippen LogP contribution >= 0.6 is 0 Å². The number of hydrogen-bond acceptors (Lipinski definition) is 2. The van der Waals surface area contributed by atoms with Crippen molar-refractivity contribution in [2.24, 2.45) is 23.2 Å². The molecule has 0 saturated carbocycles. The summed E-state index contributed by atoms with van der Waals surface area (Å²) in [5, 5.41) is 9.25. The summed E-state index contributed by atoms with van der Waals surface area (Å²) >= 11 is 0. The summed E-state index contributed by atoms with van der Waals surface area (Å²) in [6, 6.07) is 0. The maximum atomic E-state index is 11.2. The first-order valence-corrected chi connectivity index (χ1v) is 6.64. The number of likely N-dealkylation sites (tertiary alicyclic amines) is 1. The highest BCUT2D eigenvalue weighted by Gasteiger charge is 2.33. The summed E-state index contributed by atoms with van der Waals surface area (Å²) in [7, 11) is 0. The van der Waals surface area contributed by atoms with Crippen LogP contribution in [0.25, 0.3) is 0 Å². The molecule has 0 aromatic heterocycles. The van der Waals surface area contributed by atoms with Crippen LogP contribution in [0.4, 0.5) is 0 Å². The predicted molar refractivity (Wildman–Crippen MR) is 70.0 cm³/mol. The third kappa shape index (κ3) is 4.66. The zero-order chi connectivity index (χ0) is 13.2. The van der Waals surface area contributed by atoms with Crippen molar-refractivity contribution >= 4 is 5.97 Å². The maximum absolute atomic E-state index is 11.2. The lowest BCUT2D eigenvalue weighted by Gasteiger charge is -2.43. The molecule has 1 N–H and O–H groups in total. The number of carbonyl (C=O) groups is 1. The molecule has 1 fully saturated rings. The molecule has 0 amide bonds.